The summed E-state index contributed by atoms with van der Waals surface area (Å²) in [6, 6.07) is 4.25. The Morgan fingerprint density at radius 1 is 1.15 bits per heavy atom. The molecule has 2 heterocycles. The maximum absolute atomic E-state index is 4.62. The molecule has 2 aromatic rings. The molecule has 0 atom stereocenters. The van der Waals surface area contributed by atoms with E-state index in [0.717, 1.165) is 42.4 Å². The number of hydrogen-bond acceptors (Lipinski definition) is 3. The van der Waals surface area contributed by atoms with Crippen molar-refractivity contribution in [3.8, 4) is 5.82 Å². The molecular formula is C16H24N4. The zero-order chi connectivity index (χ0) is 14.7. The summed E-state index contributed by atoms with van der Waals surface area (Å²) in [5.74, 6) is 0.909. The molecule has 4 heteroatoms. The van der Waals surface area contributed by atoms with Crippen LogP contribution in [0.4, 0.5) is 0 Å². The molecule has 0 fully saturated rings. The van der Waals surface area contributed by atoms with Crippen LogP contribution in [0.1, 0.15) is 41.6 Å². The van der Waals surface area contributed by atoms with Gasteiger partial charge in [-0.25, -0.2) is 9.67 Å². The molecule has 0 aliphatic rings. The Balaban J connectivity index is 2.34. The molecule has 2 rings (SSSR count). The fourth-order valence-corrected chi connectivity index (χ4v) is 2.28. The second kappa shape index (κ2) is 6.18. The van der Waals surface area contributed by atoms with Crippen molar-refractivity contribution in [3.05, 3.63) is 40.3 Å². The minimum atomic E-state index is 0.877. The lowest BCUT2D eigenvalue weighted by Crippen LogP contribution is -2.15. The first kappa shape index (κ1) is 14.7. The minimum Gasteiger partial charge on any atom is -0.313 e. The van der Waals surface area contributed by atoms with E-state index in [0.29, 0.717) is 0 Å². The van der Waals surface area contributed by atoms with Crippen LogP contribution in [0.5, 0.6) is 0 Å². The topological polar surface area (TPSA) is 42.7 Å². The van der Waals surface area contributed by atoms with Crippen LogP contribution in [-0.2, 0) is 6.54 Å². The molecule has 0 aliphatic carbocycles. The van der Waals surface area contributed by atoms with Crippen LogP contribution in [0.25, 0.3) is 5.82 Å². The van der Waals surface area contributed by atoms with Crippen molar-refractivity contribution < 1.29 is 0 Å². The van der Waals surface area contributed by atoms with Gasteiger partial charge in [0, 0.05) is 17.9 Å². The highest BCUT2D eigenvalue weighted by Crippen LogP contribution is 2.17. The van der Waals surface area contributed by atoms with Crippen LogP contribution in [0, 0.1) is 27.7 Å². The third-order valence-electron chi connectivity index (χ3n) is 3.63. The molecule has 0 saturated carbocycles. The van der Waals surface area contributed by atoms with Gasteiger partial charge in [0.05, 0.1) is 5.69 Å². The van der Waals surface area contributed by atoms with Gasteiger partial charge in [-0.1, -0.05) is 6.92 Å². The summed E-state index contributed by atoms with van der Waals surface area (Å²) in [6.07, 6.45) is 1.15. The zero-order valence-electron chi connectivity index (χ0n) is 13.1. The smallest absolute Gasteiger partial charge is 0.154 e. The molecule has 0 unspecified atom stereocenters. The molecule has 108 valence electrons. The average molecular weight is 272 g/mol. The van der Waals surface area contributed by atoms with Crippen LogP contribution in [0.3, 0.4) is 0 Å². The van der Waals surface area contributed by atoms with Gasteiger partial charge in [0.15, 0.2) is 5.82 Å². The molecule has 0 saturated heterocycles. The van der Waals surface area contributed by atoms with Gasteiger partial charge in [-0.2, -0.15) is 5.10 Å². The molecule has 4 nitrogen and oxygen atoms in total. The van der Waals surface area contributed by atoms with Gasteiger partial charge in [0.1, 0.15) is 0 Å². The second-order valence-corrected chi connectivity index (χ2v) is 5.36. The maximum Gasteiger partial charge on any atom is 0.154 e. The van der Waals surface area contributed by atoms with Crippen molar-refractivity contribution in [3.63, 3.8) is 0 Å². The summed E-state index contributed by atoms with van der Waals surface area (Å²) < 4.78 is 1.95. The van der Waals surface area contributed by atoms with Crippen molar-refractivity contribution in [1.29, 1.82) is 0 Å². The number of pyridine rings is 1. The standard InChI is InChI=1S/C16H24N4/c1-6-7-17-10-15-8-11(2)18-16(9-15)20-14(5)12(3)13(4)19-20/h8-9,17H,6-7,10H2,1-5H3. The normalized spacial score (nSPS) is 11.1. The van der Waals surface area contributed by atoms with Crippen LogP contribution >= 0.6 is 0 Å². The van der Waals surface area contributed by atoms with E-state index < -0.39 is 0 Å². The zero-order valence-corrected chi connectivity index (χ0v) is 13.1. The van der Waals surface area contributed by atoms with Crippen molar-refractivity contribution in [2.75, 3.05) is 6.54 Å². The third-order valence-corrected chi connectivity index (χ3v) is 3.63. The first-order valence-corrected chi connectivity index (χ1v) is 7.24. The Kier molecular flexibility index (Phi) is 4.55. The highest BCUT2D eigenvalue weighted by molar-refractivity contribution is 5.35. The molecule has 2 aromatic heterocycles. The molecule has 0 spiro atoms. The Morgan fingerprint density at radius 2 is 1.90 bits per heavy atom. The van der Waals surface area contributed by atoms with Gasteiger partial charge in [0.2, 0.25) is 0 Å². The highest BCUT2D eigenvalue weighted by atomic mass is 15.3. The SMILES string of the molecule is CCCNCc1cc(C)nc(-n2nc(C)c(C)c2C)c1. The summed E-state index contributed by atoms with van der Waals surface area (Å²) in [7, 11) is 0. The summed E-state index contributed by atoms with van der Waals surface area (Å²) in [6.45, 7) is 12.4. The van der Waals surface area contributed by atoms with E-state index in [-0.39, 0.29) is 0 Å². The lowest BCUT2D eigenvalue weighted by Gasteiger charge is -2.09. The molecule has 20 heavy (non-hydrogen) atoms. The van der Waals surface area contributed by atoms with Crippen LogP contribution in [0.2, 0.25) is 0 Å². The summed E-state index contributed by atoms with van der Waals surface area (Å²) in [5.41, 5.74) is 5.75. The lowest BCUT2D eigenvalue weighted by molar-refractivity contribution is 0.672. The quantitative estimate of drug-likeness (QED) is 0.851. The molecule has 0 aromatic carbocycles. The van der Waals surface area contributed by atoms with E-state index in [2.05, 4.69) is 48.3 Å². The number of aromatic nitrogens is 3. The fraction of sp³-hybridized carbons (Fsp3) is 0.500. The molecule has 0 radical (unpaired) electrons. The van der Waals surface area contributed by atoms with E-state index in [4.69, 9.17) is 0 Å². The van der Waals surface area contributed by atoms with E-state index in [1.807, 2.05) is 18.5 Å². The number of nitrogens with zero attached hydrogens (tertiary/aromatic N) is 3. The Bertz CT molecular complexity index is 599. The second-order valence-electron chi connectivity index (χ2n) is 5.36. The molecule has 0 aliphatic heterocycles. The van der Waals surface area contributed by atoms with Gasteiger partial charge in [-0.3, -0.25) is 0 Å². The highest BCUT2D eigenvalue weighted by Gasteiger charge is 2.11. The first-order valence-electron chi connectivity index (χ1n) is 7.24. The van der Waals surface area contributed by atoms with Crippen molar-refractivity contribution in [1.82, 2.24) is 20.1 Å². The van der Waals surface area contributed by atoms with Gasteiger partial charge in [-0.05, 0) is 63.9 Å². The minimum absolute atomic E-state index is 0.877. The van der Waals surface area contributed by atoms with Gasteiger partial charge in [0.25, 0.3) is 0 Å². The number of nitrogens with one attached hydrogen (secondary N) is 1. The van der Waals surface area contributed by atoms with Crippen LogP contribution in [-0.4, -0.2) is 21.3 Å². The predicted octanol–water partition coefficient (Wildman–Crippen LogP) is 3.00. The Labute approximate surface area is 121 Å². The van der Waals surface area contributed by atoms with E-state index in [9.17, 15) is 0 Å². The van der Waals surface area contributed by atoms with E-state index in [1.54, 1.807) is 0 Å². The summed E-state index contributed by atoms with van der Waals surface area (Å²) in [4.78, 5) is 4.62. The number of aryl methyl sites for hydroxylation is 2. The maximum atomic E-state index is 4.62. The molecular weight excluding hydrogens is 248 g/mol. The van der Waals surface area contributed by atoms with Gasteiger partial charge < -0.3 is 5.32 Å². The van der Waals surface area contributed by atoms with Crippen LogP contribution in [0.15, 0.2) is 12.1 Å². The van der Waals surface area contributed by atoms with Gasteiger partial charge in [-0.15, -0.1) is 0 Å². The largest absolute Gasteiger partial charge is 0.313 e. The van der Waals surface area contributed by atoms with Crippen molar-refractivity contribution in [2.24, 2.45) is 0 Å². The molecule has 1 N–H and O–H groups in total. The molecule has 0 amide bonds. The van der Waals surface area contributed by atoms with E-state index in [1.165, 1.54) is 11.1 Å². The Morgan fingerprint density at radius 3 is 2.50 bits per heavy atom. The number of hydrogen-bond donors (Lipinski definition) is 1. The van der Waals surface area contributed by atoms with Crippen molar-refractivity contribution >= 4 is 0 Å². The average Bonchev–Trinajstić information content (AvgIpc) is 2.66. The Hall–Kier alpha value is -1.68. The lowest BCUT2D eigenvalue weighted by atomic mass is 10.2. The predicted molar refractivity (Wildman–Crippen MR) is 82.3 cm³/mol. The monoisotopic (exact) mass is 272 g/mol. The summed E-state index contributed by atoms with van der Waals surface area (Å²) in [5, 5.41) is 8.02. The van der Waals surface area contributed by atoms with Crippen molar-refractivity contribution in [2.45, 2.75) is 47.6 Å². The van der Waals surface area contributed by atoms with Crippen LogP contribution < -0.4 is 5.32 Å². The first-order chi connectivity index (χ1) is 9.52. The number of rotatable bonds is 5. The fourth-order valence-electron chi connectivity index (χ4n) is 2.28. The van der Waals surface area contributed by atoms with E-state index >= 15 is 0 Å². The molecule has 0 bridgehead atoms. The van der Waals surface area contributed by atoms with Gasteiger partial charge >= 0.3 is 0 Å². The summed E-state index contributed by atoms with van der Waals surface area (Å²) >= 11 is 0. The third kappa shape index (κ3) is 3.07.